The summed E-state index contributed by atoms with van der Waals surface area (Å²) in [5, 5.41) is 3.54. The molecule has 0 saturated heterocycles. The van der Waals surface area contributed by atoms with E-state index in [-0.39, 0.29) is 0 Å². The SMILES string of the molecule is CCS(=O)CCNC1CCc2cc(Br)ccc2C1. The molecule has 0 saturated carbocycles. The topological polar surface area (TPSA) is 29.1 Å². The largest absolute Gasteiger partial charge is 0.313 e. The van der Waals surface area contributed by atoms with E-state index in [0.29, 0.717) is 6.04 Å². The summed E-state index contributed by atoms with van der Waals surface area (Å²) in [5.41, 5.74) is 2.93. The summed E-state index contributed by atoms with van der Waals surface area (Å²) in [5.74, 6) is 1.55. The van der Waals surface area contributed by atoms with Crippen molar-refractivity contribution in [1.29, 1.82) is 0 Å². The van der Waals surface area contributed by atoms with E-state index in [1.165, 1.54) is 22.0 Å². The molecule has 0 heterocycles. The lowest BCUT2D eigenvalue weighted by atomic mass is 9.88. The Labute approximate surface area is 120 Å². The molecule has 1 aliphatic rings. The molecule has 0 aromatic heterocycles. The molecule has 2 nitrogen and oxygen atoms in total. The van der Waals surface area contributed by atoms with Crippen molar-refractivity contribution in [2.45, 2.75) is 32.2 Å². The van der Waals surface area contributed by atoms with Crippen LogP contribution in [0.1, 0.15) is 24.5 Å². The Balaban J connectivity index is 1.84. The zero-order chi connectivity index (χ0) is 13.0. The van der Waals surface area contributed by atoms with Crippen molar-refractivity contribution in [3.63, 3.8) is 0 Å². The van der Waals surface area contributed by atoms with E-state index in [0.717, 1.165) is 30.9 Å². The van der Waals surface area contributed by atoms with Crippen molar-refractivity contribution in [3.8, 4) is 0 Å². The number of nitrogens with one attached hydrogen (secondary N) is 1. The van der Waals surface area contributed by atoms with Crippen LogP contribution in [0.15, 0.2) is 22.7 Å². The summed E-state index contributed by atoms with van der Waals surface area (Å²) in [6.45, 7) is 2.85. The lowest BCUT2D eigenvalue weighted by Gasteiger charge is -2.25. The van der Waals surface area contributed by atoms with E-state index in [1.807, 2.05) is 6.92 Å². The van der Waals surface area contributed by atoms with Gasteiger partial charge in [0.25, 0.3) is 0 Å². The molecule has 0 spiro atoms. The molecule has 1 aromatic carbocycles. The number of rotatable bonds is 5. The van der Waals surface area contributed by atoms with Crippen LogP contribution in [0.4, 0.5) is 0 Å². The number of halogens is 1. The highest BCUT2D eigenvalue weighted by molar-refractivity contribution is 9.10. The summed E-state index contributed by atoms with van der Waals surface area (Å²) < 4.78 is 12.5. The summed E-state index contributed by atoms with van der Waals surface area (Å²) in [4.78, 5) is 0. The van der Waals surface area contributed by atoms with Crippen molar-refractivity contribution in [2.75, 3.05) is 18.1 Å². The highest BCUT2D eigenvalue weighted by Gasteiger charge is 2.18. The van der Waals surface area contributed by atoms with Crippen molar-refractivity contribution in [3.05, 3.63) is 33.8 Å². The molecular formula is C14H20BrNOS. The molecule has 2 rings (SSSR count). The van der Waals surface area contributed by atoms with Gasteiger partial charge in [0.1, 0.15) is 0 Å². The van der Waals surface area contributed by atoms with Gasteiger partial charge in [0.15, 0.2) is 0 Å². The second-order valence-electron chi connectivity index (χ2n) is 4.74. The van der Waals surface area contributed by atoms with Gasteiger partial charge < -0.3 is 5.32 Å². The van der Waals surface area contributed by atoms with E-state index in [9.17, 15) is 4.21 Å². The molecule has 18 heavy (non-hydrogen) atoms. The van der Waals surface area contributed by atoms with Crippen molar-refractivity contribution >= 4 is 26.7 Å². The van der Waals surface area contributed by atoms with Gasteiger partial charge in [0, 0.05) is 39.4 Å². The van der Waals surface area contributed by atoms with Gasteiger partial charge in [-0.15, -0.1) is 0 Å². The predicted molar refractivity (Wildman–Crippen MR) is 81.5 cm³/mol. The Morgan fingerprint density at radius 1 is 1.44 bits per heavy atom. The third-order valence-corrected chi connectivity index (χ3v) is 5.28. The van der Waals surface area contributed by atoms with Crippen LogP contribution in [0, 0.1) is 0 Å². The first-order chi connectivity index (χ1) is 8.69. The molecule has 2 unspecified atom stereocenters. The smallest absolute Gasteiger partial charge is 0.0360 e. The van der Waals surface area contributed by atoms with Crippen molar-refractivity contribution < 1.29 is 4.21 Å². The third-order valence-electron chi connectivity index (χ3n) is 3.48. The molecule has 0 radical (unpaired) electrons. The van der Waals surface area contributed by atoms with E-state index in [4.69, 9.17) is 0 Å². The second kappa shape index (κ2) is 6.83. The minimum absolute atomic E-state index is 0.549. The van der Waals surface area contributed by atoms with Gasteiger partial charge in [0.2, 0.25) is 0 Å². The maximum absolute atomic E-state index is 11.4. The summed E-state index contributed by atoms with van der Waals surface area (Å²) in [7, 11) is -0.648. The monoisotopic (exact) mass is 329 g/mol. The Kier molecular flexibility index (Phi) is 5.39. The standard InChI is InChI=1S/C14H20BrNOS/c1-2-18(17)8-7-16-14-6-4-11-9-13(15)5-3-12(11)10-14/h3,5,9,14,16H,2,4,6-8,10H2,1H3. The van der Waals surface area contributed by atoms with Crippen LogP contribution in [0.5, 0.6) is 0 Å². The number of benzene rings is 1. The van der Waals surface area contributed by atoms with Crippen LogP contribution < -0.4 is 5.32 Å². The fourth-order valence-corrected chi connectivity index (χ4v) is 3.46. The molecule has 0 amide bonds. The van der Waals surface area contributed by atoms with E-state index in [2.05, 4.69) is 39.4 Å². The zero-order valence-corrected chi connectivity index (χ0v) is 13.1. The first-order valence-corrected chi connectivity index (χ1v) is 8.83. The fraction of sp³-hybridized carbons (Fsp3) is 0.571. The van der Waals surface area contributed by atoms with E-state index in [1.54, 1.807) is 0 Å². The van der Waals surface area contributed by atoms with Gasteiger partial charge >= 0.3 is 0 Å². The van der Waals surface area contributed by atoms with Crippen LogP contribution in [0.3, 0.4) is 0 Å². The average molecular weight is 330 g/mol. The van der Waals surface area contributed by atoms with Gasteiger partial charge in [-0.3, -0.25) is 4.21 Å². The number of hydrogen-bond acceptors (Lipinski definition) is 2. The van der Waals surface area contributed by atoms with Crippen molar-refractivity contribution in [2.24, 2.45) is 0 Å². The van der Waals surface area contributed by atoms with Gasteiger partial charge in [-0.05, 0) is 42.5 Å². The second-order valence-corrected chi connectivity index (χ2v) is 7.52. The molecule has 0 bridgehead atoms. The quantitative estimate of drug-likeness (QED) is 0.899. The molecule has 2 atom stereocenters. The number of aryl methyl sites for hydroxylation is 1. The minimum atomic E-state index is -0.648. The van der Waals surface area contributed by atoms with Crippen LogP contribution in [-0.4, -0.2) is 28.3 Å². The Bertz CT molecular complexity index is 436. The molecule has 100 valence electrons. The highest BCUT2D eigenvalue weighted by Crippen LogP contribution is 2.24. The Morgan fingerprint density at radius 2 is 2.28 bits per heavy atom. The summed E-state index contributed by atoms with van der Waals surface area (Å²) in [6.07, 6.45) is 3.42. The molecule has 1 aromatic rings. The lowest BCUT2D eigenvalue weighted by Crippen LogP contribution is -2.36. The number of hydrogen-bond donors (Lipinski definition) is 1. The first-order valence-electron chi connectivity index (χ1n) is 6.54. The van der Waals surface area contributed by atoms with Gasteiger partial charge in [0.05, 0.1) is 0 Å². The zero-order valence-electron chi connectivity index (χ0n) is 10.7. The maximum Gasteiger partial charge on any atom is 0.0360 e. The number of fused-ring (bicyclic) bond motifs is 1. The van der Waals surface area contributed by atoms with Crippen molar-refractivity contribution in [1.82, 2.24) is 5.32 Å². The maximum atomic E-state index is 11.4. The molecule has 1 N–H and O–H groups in total. The minimum Gasteiger partial charge on any atom is -0.313 e. The van der Waals surface area contributed by atoms with E-state index < -0.39 is 10.8 Å². The summed E-state index contributed by atoms with van der Waals surface area (Å²) >= 11 is 3.52. The fourth-order valence-electron chi connectivity index (χ4n) is 2.42. The average Bonchev–Trinajstić information content (AvgIpc) is 2.38. The van der Waals surface area contributed by atoms with Crippen LogP contribution in [-0.2, 0) is 23.6 Å². The lowest BCUT2D eigenvalue weighted by molar-refractivity contribution is 0.471. The van der Waals surface area contributed by atoms with Crippen LogP contribution in [0.25, 0.3) is 0 Å². The van der Waals surface area contributed by atoms with Crippen LogP contribution in [0.2, 0.25) is 0 Å². The Hall–Kier alpha value is -0.190. The predicted octanol–water partition coefficient (Wildman–Crippen LogP) is 2.66. The van der Waals surface area contributed by atoms with Crippen LogP contribution >= 0.6 is 15.9 Å². The van der Waals surface area contributed by atoms with Gasteiger partial charge in [-0.2, -0.15) is 0 Å². The van der Waals surface area contributed by atoms with Gasteiger partial charge in [-0.1, -0.05) is 28.9 Å². The first kappa shape index (κ1) is 14.2. The molecule has 0 fully saturated rings. The van der Waals surface area contributed by atoms with E-state index >= 15 is 0 Å². The highest BCUT2D eigenvalue weighted by atomic mass is 79.9. The molecular weight excluding hydrogens is 310 g/mol. The van der Waals surface area contributed by atoms with Gasteiger partial charge in [-0.25, -0.2) is 0 Å². The molecule has 0 aliphatic heterocycles. The Morgan fingerprint density at radius 3 is 3.06 bits per heavy atom. The summed E-state index contributed by atoms with van der Waals surface area (Å²) in [6, 6.07) is 7.12. The molecule has 4 heteroatoms. The third kappa shape index (κ3) is 3.90. The normalized spacial score (nSPS) is 20.4. The molecule has 1 aliphatic carbocycles.